The number of nitrogens with zero attached hydrogens (tertiary/aromatic N) is 1. The molecular formula is C18H20N2O. The van der Waals surface area contributed by atoms with Crippen LogP contribution in [-0.4, -0.2) is 6.10 Å². The average molecular weight is 280 g/mol. The summed E-state index contributed by atoms with van der Waals surface area (Å²) in [5.41, 5.74) is 2.66. The Morgan fingerprint density at radius 2 is 1.67 bits per heavy atom. The van der Waals surface area contributed by atoms with Crippen molar-refractivity contribution in [2.24, 2.45) is 0 Å². The highest BCUT2D eigenvalue weighted by molar-refractivity contribution is 5.58. The van der Waals surface area contributed by atoms with Crippen molar-refractivity contribution in [2.45, 2.75) is 32.9 Å². The van der Waals surface area contributed by atoms with E-state index in [1.165, 1.54) is 0 Å². The molecule has 0 aliphatic heterocycles. The van der Waals surface area contributed by atoms with Gasteiger partial charge in [0.2, 0.25) is 0 Å². The van der Waals surface area contributed by atoms with Crippen LogP contribution in [0.3, 0.4) is 0 Å². The number of rotatable bonds is 5. The van der Waals surface area contributed by atoms with Crippen molar-refractivity contribution < 1.29 is 4.74 Å². The second kappa shape index (κ2) is 6.81. The summed E-state index contributed by atoms with van der Waals surface area (Å²) in [6.45, 7) is 6.10. The molecule has 2 rings (SSSR count). The first-order valence-corrected chi connectivity index (χ1v) is 7.12. The molecule has 3 heteroatoms. The van der Waals surface area contributed by atoms with E-state index in [9.17, 15) is 0 Å². The van der Waals surface area contributed by atoms with Crippen molar-refractivity contribution in [2.75, 3.05) is 5.32 Å². The van der Waals surface area contributed by atoms with Crippen molar-refractivity contribution in [1.82, 2.24) is 0 Å². The molecule has 0 spiro atoms. The number of nitriles is 1. The number of hydrogen-bond acceptors (Lipinski definition) is 3. The van der Waals surface area contributed by atoms with Crippen LogP contribution in [0.5, 0.6) is 5.75 Å². The lowest BCUT2D eigenvalue weighted by molar-refractivity contribution is 0.242. The van der Waals surface area contributed by atoms with E-state index in [0.717, 1.165) is 17.0 Å². The highest BCUT2D eigenvalue weighted by Crippen LogP contribution is 2.24. The van der Waals surface area contributed by atoms with Gasteiger partial charge in [-0.2, -0.15) is 5.26 Å². The fourth-order valence-corrected chi connectivity index (χ4v) is 2.13. The van der Waals surface area contributed by atoms with Crippen LogP contribution in [0.1, 0.15) is 37.9 Å². The van der Waals surface area contributed by atoms with Crippen molar-refractivity contribution in [1.29, 1.82) is 5.26 Å². The molecule has 1 atom stereocenters. The minimum Gasteiger partial charge on any atom is -0.491 e. The summed E-state index contributed by atoms with van der Waals surface area (Å²) in [4.78, 5) is 0. The average Bonchev–Trinajstić information content (AvgIpc) is 2.48. The zero-order valence-corrected chi connectivity index (χ0v) is 12.6. The maximum absolute atomic E-state index is 9.12. The van der Waals surface area contributed by atoms with E-state index < -0.39 is 0 Å². The SMILES string of the molecule is CC(C)Oc1ccc(C(C)Nc2ccccc2C#N)cc1. The number of para-hydroxylation sites is 1. The maximum Gasteiger partial charge on any atom is 0.119 e. The van der Waals surface area contributed by atoms with Crippen molar-refractivity contribution in [3.8, 4) is 11.8 Å². The van der Waals surface area contributed by atoms with E-state index in [4.69, 9.17) is 10.00 Å². The highest BCUT2D eigenvalue weighted by Gasteiger charge is 2.08. The van der Waals surface area contributed by atoms with Gasteiger partial charge in [0, 0.05) is 6.04 Å². The van der Waals surface area contributed by atoms with Gasteiger partial charge in [0.15, 0.2) is 0 Å². The van der Waals surface area contributed by atoms with Crippen LogP contribution in [0.25, 0.3) is 0 Å². The Morgan fingerprint density at radius 3 is 2.29 bits per heavy atom. The predicted molar refractivity (Wildman–Crippen MR) is 85.4 cm³/mol. The first-order chi connectivity index (χ1) is 10.1. The molecule has 0 saturated carbocycles. The highest BCUT2D eigenvalue weighted by atomic mass is 16.5. The molecule has 0 radical (unpaired) electrons. The summed E-state index contributed by atoms with van der Waals surface area (Å²) in [6, 6.07) is 17.9. The van der Waals surface area contributed by atoms with Gasteiger partial charge in [0.25, 0.3) is 0 Å². The number of ether oxygens (including phenoxy) is 1. The smallest absolute Gasteiger partial charge is 0.119 e. The minimum absolute atomic E-state index is 0.118. The quantitative estimate of drug-likeness (QED) is 0.875. The normalized spacial score (nSPS) is 11.8. The number of benzene rings is 2. The van der Waals surface area contributed by atoms with E-state index in [0.29, 0.717) is 5.56 Å². The molecule has 0 aliphatic rings. The monoisotopic (exact) mass is 280 g/mol. The summed E-state index contributed by atoms with van der Waals surface area (Å²) in [5.74, 6) is 0.873. The summed E-state index contributed by atoms with van der Waals surface area (Å²) < 4.78 is 5.64. The van der Waals surface area contributed by atoms with Crippen LogP contribution in [0, 0.1) is 11.3 Å². The summed E-state index contributed by atoms with van der Waals surface area (Å²) in [5, 5.41) is 12.5. The molecule has 0 aromatic heterocycles. The predicted octanol–water partition coefficient (Wildman–Crippen LogP) is 4.52. The molecule has 2 aromatic carbocycles. The lowest BCUT2D eigenvalue weighted by Crippen LogP contribution is -2.08. The van der Waals surface area contributed by atoms with Crippen LogP contribution >= 0.6 is 0 Å². The third kappa shape index (κ3) is 4.00. The summed E-state index contributed by atoms with van der Waals surface area (Å²) >= 11 is 0. The van der Waals surface area contributed by atoms with E-state index in [1.807, 2.05) is 62.4 Å². The van der Waals surface area contributed by atoms with Crippen molar-refractivity contribution >= 4 is 5.69 Å². The Balaban J connectivity index is 2.10. The number of anilines is 1. The summed E-state index contributed by atoms with van der Waals surface area (Å²) in [6.07, 6.45) is 0.175. The van der Waals surface area contributed by atoms with Crippen LogP contribution < -0.4 is 10.1 Å². The Bertz CT molecular complexity index is 626. The number of hydrogen-bond donors (Lipinski definition) is 1. The molecule has 0 aliphatic carbocycles. The second-order valence-electron chi connectivity index (χ2n) is 5.26. The molecular weight excluding hydrogens is 260 g/mol. The molecule has 0 amide bonds. The minimum atomic E-state index is 0.118. The van der Waals surface area contributed by atoms with Gasteiger partial charge < -0.3 is 10.1 Å². The Hall–Kier alpha value is -2.47. The standard InChI is InChI=1S/C18H20N2O/c1-13(2)21-17-10-8-15(9-11-17)14(3)20-18-7-5-4-6-16(18)12-19/h4-11,13-14,20H,1-3H3. The molecule has 108 valence electrons. The van der Waals surface area contributed by atoms with Gasteiger partial charge >= 0.3 is 0 Å². The van der Waals surface area contributed by atoms with Crippen LogP contribution in [0.4, 0.5) is 5.69 Å². The molecule has 1 unspecified atom stereocenters. The summed E-state index contributed by atoms with van der Waals surface area (Å²) in [7, 11) is 0. The third-order valence-electron chi connectivity index (χ3n) is 3.17. The van der Waals surface area contributed by atoms with Crippen molar-refractivity contribution in [3.63, 3.8) is 0 Å². The van der Waals surface area contributed by atoms with E-state index >= 15 is 0 Å². The van der Waals surface area contributed by atoms with E-state index in [-0.39, 0.29) is 12.1 Å². The zero-order chi connectivity index (χ0) is 15.2. The second-order valence-corrected chi connectivity index (χ2v) is 5.26. The first-order valence-electron chi connectivity index (χ1n) is 7.12. The molecule has 0 heterocycles. The van der Waals surface area contributed by atoms with Gasteiger partial charge in [-0.1, -0.05) is 24.3 Å². The molecule has 21 heavy (non-hydrogen) atoms. The Kier molecular flexibility index (Phi) is 4.84. The van der Waals surface area contributed by atoms with Gasteiger partial charge in [-0.05, 0) is 50.6 Å². The Labute approximate surface area is 126 Å². The zero-order valence-electron chi connectivity index (χ0n) is 12.6. The first kappa shape index (κ1) is 14.9. The van der Waals surface area contributed by atoms with Gasteiger partial charge in [0.05, 0.1) is 17.4 Å². The van der Waals surface area contributed by atoms with Crippen LogP contribution in [0.15, 0.2) is 48.5 Å². The van der Waals surface area contributed by atoms with E-state index in [2.05, 4.69) is 18.3 Å². The molecule has 0 fully saturated rings. The van der Waals surface area contributed by atoms with Crippen molar-refractivity contribution in [3.05, 3.63) is 59.7 Å². The van der Waals surface area contributed by atoms with Gasteiger partial charge in [-0.25, -0.2) is 0 Å². The lowest BCUT2D eigenvalue weighted by Gasteiger charge is -2.17. The molecule has 1 N–H and O–H groups in total. The van der Waals surface area contributed by atoms with Gasteiger partial charge in [0.1, 0.15) is 11.8 Å². The topological polar surface area (TPSA) is 45.0 Å². The fraction of sp³-hybridized carbons (Fsp3) is 0.278. The van der Waals surface area contributed by atoms with E-state index in [1.54, 1.807) is 0 Å². The third-order valence-corrected chi connectivity index (χ3v) is 3.17. The van der Waals surface area contributed by atoms with Crippen LogP contribution in [0.2, 0.25) is 0 Å². The molecule has 0 bridgehead atoms. The molecule has 3 nitrogen and oxygen atoms in total. The van der Waals surface area contributed by atoms with Crippen LogP contribution in [-0.2, 0) is 0 Å². The lowest BCUT2D eigenvalue weighted by atomic mass is 10.1. The fourth-order valence-electron chi connectivity index (χ4n) is 2.13. The number of nitrogens with one attached hydrogen (secondary N) is 1. The largest absolute Gasteiger partial charge is 0.491 e. The van der Waals surface area contributed by atoms with Gasteiger partial charge in [-0.15, -0.1) is 0 Å². The van der Waals surface area contributed by atoms with Gasteiger partial charge in [-0.3, -0.25) is 0 Å². The Morgan fingerprint density at radius 1 is 1.00 bits per heavy atom. The maximum atomic E-state index is 9.12. The molecule has 2 aromatic rings. The molecule has 0 saturated heterocycles.